The maximum atomic E-state index is 6.13. The molecule has 1 aromatic rings. The van der Waals surface area contributed by atoms with E-state index in [1.807, 2.05) is 12.1 Å². The van der Waals surface area contributed by atoms with Gasteiger partial charge in [0.15, 0.2) is 0 Å². The van der Waals surface area contributed by atoms with Gasteiger partial charge in [0.25, 0.3) is 0 Å². The quantitative estimate of drug-likeness (QED) is 0.904. The summed E-state index contributed by atoms with van der Waals surface area (Å²) in [5, 5.41) is 4.30. The zero-order chi connectivity index (χ0) is 13.0. The lowest BCUT2D eigenvalue weighted by molar-refractivity contribution is 0.0483. The molecule has 0 aliphatic carbocycles. The van der Waals surface area contributed by atoms with Gasteiger partial charge in [-0.05, 0) is 25.1 Å². The Balaban J connectivity index is 2.10. The Labute approximate surface area is 117 Å². The minimum Gasteiger partial charge on any atom is -0.486 e. The Morgan fingerprint density at radius 3 is 2.94 bits per heavy atom. The van der Waals surface area contributed by atoms with Crippen LogP contribution in [0.1, 0.15) is 6.42 Å². The number of benzene rings is 1. The highest BCUT2D eigenvalue weighted by molar-refractivity contribution is 6.42. The van der Waals surface area contributed by atoms with Crippen LogP contribution in [0.15, 0.2) is 18.2 Å². The first-order valence-corrected chi connectivity index (χ1v) is 6.78. The fraction of sp³-hybridized carbons (Fsp3) is 0.538. The summed E-state index contributed by atoms with van der Waals surface area (Å²) in [6.45, 7) is 2.53. The van der Waals surface area contributed by atoms with Crippen molar-refractivity contribution in [3.8, 4) is 5.75 Å². The lowest BCUT2D eigenvalue weighted by Crippen LogP contribution is -2.33. The molecule has 0 bridgehead atoms. The van der Waals surface area contributed by atoms with Crippen LogP contribution < -0.4 is 10.1 Å². The smallest absolute Gasteiger partial charge is 0.139 e. The zero-order valence-corrected chi connectivity index (χ0v) is 11.8. The number of hydrogen-bond acceptors (Lipinski definition) is 3. The van der Waals surface area contributed by atoms with Crippen LogP contribution in [0.25, 0.3) is 0 Å². The van der Waals surface area contributed by atoms with Gasteiger partial charge in [0.2, 0.25) is 0 Å². The van der Waals surface area contributed by atoms with E-state index < -0.39 is 0 Å². The molecule has 1 aliphatic rings. The Kier molecular flexibility index (Phi) is 5.13. The number of ether oxygens (including phenoxy) is 2. The Morgan fingerprint density at radius 2 is 2.28 bits per heavy atom. The highest BCUT2D eigenvalue weighted by Crippen LogP contribution is 2.33. The predicted octanol–water partition coefficient (Wildman–Crippen LogP) is 3.00. The second-order valence-corrected chi connectivity index (χ2v) is 5.20. The van der Waals surface area contributed by atoms with E-state index >= 15 is 0 Å². The van der Waals surface area contributed by atoms with Gasteiger partial charge in [0.05, 0.1) is 11.6 Å². The summed E-state index contributed by atoms with van der Waals surface area (Å²) in [7, 11) is 1.68. The molecule has 0 radical (unpaired) electrons. The predicted molar refractivity (Wildman–Crippen MR) is 73.7 cm³/mol. The topological polar surface area (TPSA) is 30.5 Å². The van der Waals surface area contributed by atoms with E-state index in [4.69, 9.17) is 32.7 Å². The molecular weight excluding hydrogens is 273 g/mol. The van der Waals surface area contributed by atoms with Gasteiger partial charge < -0.3 is 14.8 Å². The summed E-state index contributed by atoms with van der Waals surface area (Å²) >= 11 is 12.1. The van der Waals surface area contributed by atoms with Gasteiger partial charge in [-0.3, -0.25) is 0 Å². The van der Waals surface area contributed by atoms with Crippen molar-refractivity contribution in [3.05, 3.63) is 28.2 Å². The van der Waals surface area contributed by atoms with Crippen LogP contribution in [0.5, 0.6) is 5.75 Å². The molecule has 1 heterocycles. The molecule has 0 unspecified atom stereocenters. The molecule has 3 nitrogen and oxygen atoms in total. The summed E-state index contributed by atoms with van der Waals surface area (Å²) in [4.78, 5) is 0. The standard InChI is InChI=1S/C13H17Cl2NO2/c1-17-8-12(9-5-6-16-7-9)18-11-4-2-3-10(14)13(11)15/h2-4,9,12,16H,5-8H2,1H3/t9-,12-/m1/s1. The molecule has 0 spiro atoms. The third kappa shape index (κ3) is 3.29. The molecule has 2 atom stereocenters. The SMILES string of the molecule is COC[C@@H](Oc1cccc(Cl)c1Cl)[C@@H]1CCNC1. The van der Waals surface area contributed by atoms with Gasteiger partial charge in [-0.2, -0.15) is 0 Å². The fourth-order valence-electron chi connectivity index (χ4n) is 2.16. The minimum absolute atomic E-state index is 0.000895. The average molecular weight is 290 g/mol. The van der Waals surface area contributed by atoms with Crippen molar-refractivity contribution in [2.45, 2.75) is 12.5 Å². The lowest BCUT2D eigenvalue weighted by atomic mass is 10.0. The van der Waals surface area contributed by atoms with Crippen molar-refractivity contribution < 1.29 is 9.47 Å². The number of hydrogen-bond donors (Lipinski definition) is 1. The van der Waals surface area contributed by atoms with Crippen molar-refractivity contribution in [1.29, 1.82) is 0 Å². The van der Waals surface area contributed by atoms with E-state index in [9.17, 15) is 0 Å². The normalized spacial score (nSPS) is 20.9. The van der Waals surface area contributed by atoms with Crippen molar-refractivity contribution in [2.24, 2.45) is 5.92 Å². The number of rotatable bonds is 5. The lowest BCUT2D eigenvalue weighted by Gasteiger charge is -2.24. The van der Waals surface area contributed by atoms with Gasteiger partial charge >= 0.3 is 0 Å². The molecule has 0 aromatic heterocycles. The van der Waals surface area contributed by atoms with Crippen LogP contribution in [-0.2, 0) is 4.74 Å². The average Bonchev–Trinajstić information content (AvgIpc) is 2.88. The molecule has 1 saturated heterocycles. The van der Waals surface area contributed by atoms with E-state index in [-0.39, 0.29) is 6.10 Å². The zero-order valence-electron chi connectivity index (χ0n) is 10.3. The maximum absolute atomic E-state index is 6.13. The summed E-state index contributed by atoms with van der Waals surface area (Å²) in [5.41, 5.74) is 0. The molecule has 1 fully saturated rings. The van der Waals surface area contributed by atoms with Crippen molar-refractivity contribution >= 4 is 23.2 Å². The van der Waals surface area contributed by atoms with Crippen molar-refractivity contribution in [3.63, 3.8) is 0 Å². The number of methoxy groups -OCH3 is 1. The summed E-state index contributed by atoms with van der Waals surface area (Å²) in [6.07, 6.45) is 1.09. The molecule has 0 saturated carbocycles. The summed E-state index contributed by atoms with van der Waals surface area (Å²) in [6, 6.07) is 5.42. The Bertz CT molecular complexity index is 395. The van der Waals surface area contributed by atoms with E-state index in [1.165, 1.54) is 0 Å². The molecule has 18 heavy (non-hydrogen) atoms. The monoisotopic (exact) mass is 289 g/mol. The third-order valence-corrected chi connectivity index (χ3v) is 3.95. The van der Waals surface area contributed by atoms with Crippen LogP contribution >= 0.6 is 23.2 Å². The Morgan fingerprint density at radius 1 is 1.44 bits per heavy atom. The van der Waals surface area contributed by atoms with Crippen LogP contribution in [0.2, 0.25) is 10.0 Å². The summed E-state index contributed by atoms with van der Waals surface area (Å²) < 4.78 is 11.2. The van der Waals surface area contributed by atoms with Crippen LogP contribution in [-0.4, -0.2) is 32.9 Å². The maximum Gasteiger partial charge on any atom is 0.139 e. The first-order valence-electron chi connectivity index (χ1n) is 6.02. The molecule has 100 valence electrons. The van der Waals surface area contributed by atoms with E-state index in [0.29, 0.717) is 28.3 Å². The van der Waals surface area contributed by atoms with Crippen LogP contribution in [0.3, 0.4) is 0 Å². The molecule has 2 rings (SSSR count). The highest BCUT2D eigenvalue weighted by Gasteiger charge is 2.27. The van der Waals surface area contributed by atoms with E-state index in [2.05, 4.69) is 5.32 Å². The first-order chi connectivity index (χ1) is 8.72. The molecule has 1 N–H and O–H groups in total. The highest BCUT2D eigenvalue weighted by atomic mass is 35.5. The Hall–Kier alpha value is -0.480. The van der Waals surface area contributed by atoms with Crippen LogP contribution in [0.4, 0.5) is 0 Å². The van der Waals surface area contributed by atoms with E-state index in [1.54, 1.807) is 13.2 Å². The van der Waals surface area contributed by atoms with Crippen molar-refractivity contribution in [1.82, 2.24) is 5.32 Å². The minimum atomic E-state index is 0.000895. The van der Waals surface area contributed by atoms with Gasteiger partial charge in [0, 0.05) is 19.6 Å². The van der Waals surface area contributed by atoms with E-state index in [0.717, 1.165) is 19.5 Å². The largest absolute Gasteiger partial charge is 0.486 e. The van der Waals surface area contributed by atoms with Gasteiger partial charge in [0.1, 0.15) is 16.9 Å². The van der Waals surface area contributed by atoms with Gasteiger partial charge in [-0.25, -0.2) is 0 Å². The number of nitrogens with one attached hydrogen (secondary N) is 1. The second kappa shape index (κ2) is 6.62. The molecule has 5 heteroatoms. The molecule has 1 aromatic carbocycles. The molecular formula is C13H17Cl2NO2. The second-order valence-electron chi connectivity index (χ2n) is 4.42. The van der Waals surface area contributed by atoms with Crippen LogP contribution in [0, 0.1) is 5.92 Å². The van der Waals surface area contributed by atoms with Gasteiger partial charge in [-0.15, -0.1) is 0 Å². The van der Waals surface area contributed by atoms with Gasteiger partial charge in [-0.1, -0.05) is 29.3 Å². The van der Waals surface area contributed by atoms with Crippen molar-refractivity contribution in [2.75, 3.05) is 26.8 Å². The molecule has 1 aliphatic heterocycles. The summed E-state index contributed by atoms with van der Waals surface area (Å²) in [5.74, 6) is 1.07. The third-order valence-electron chi connectivity index (χ3n) is 3.15. The fourth-order valence-corrected chi connectivity index (χ4v) is 2.50. The number of halogens is 2. The first kappa shape index (κ1) is 13.9. The molecule has 0 amide bonds.